The molecule has 0 spiro atoms. The number of rotatable bonds is 4. The van der Waals surface area contributed by atoms with Gasteiger partial charge < -0.3 is 5.11 Å². The van der Waals surface area contributed by atoms with Crippen molar-refractivity contribution >= 4 is 5.91 Å². The minimum atomic E-state index is -0.343. The maximum Gasteiger partial charge on any atom is 0.250 e. The predicted molar refractivity (Wildman–Crippen MR) is 65.7 cm³/mol. The Hall–Kier alpha value is -1.39. The van der Waals surface area contributed by atoms with Gasteiger partial charge >= 0.3 is 0 Å². The summed E-state index contributed by atoms with van der Waals surface area (Å²) in [6, 6.07) is 8.33. The smallest absolute Gasteiger partial charge is 0.250 e. The fraction of sp³-hybridized carbons (Fsp3) is 0.500. The third kappa shape index (κ3) is 1.49. The molecule has 1 saturated carbocycles. The molecule has 2 aliphatic rings. The second kappa shape index (κ2) is 4.07. The minimum Gasteiger partial charge on any atom is -0.394 e. The SMILES string of the molecule is CC1(C(=O)NOCCO)C2Cc3ccccc3C21. The molecule has 0 radical (unpaired) electrons. The Morgan fingerprint density at radius 3 is 3.11 bits per heavy atom. The summed E-state index contributed by atoms with van der Waals surface area (Å²) in [4.78, 5) is 17.0. The number of benzene rings is 1. The van der Waals surface area contributed by atoms with Crippen molar-refractivity contribution in [1.29, 1.82) is 0 Å². The normalized spacial score (nSPS) is 31.7. The van der Waals surface area contributed by atoms with Crippen molar-refractivity contribution in [2.45, 2.75) is 19.3 Å². The predicted octanol–water partition coefficient (Wildman–Crippen LogP) is 1.00. The lowest BCUT2D eigenvalue weighted by Crippen LogP contribution is -2.34. The molecule has 2 N–H and O–H groups in total. The zero-order valence-corrected chi connectivity index (χ0v) is 10.3. The van der Waals surface area contributed by atoms with E-state index in [1.165, 1.54) is 11.1 Å². The average Bonchev–Trinajstić information content (AvgIpc) is 2.80. The molecule has 0 bridgehead atoms. The molecule has 0 saturated heterocycles. The van der Waals surface area contributed by atoms with Gasteiger partial charge in [0.1, 0.15) is 0 Å². The van der Waals surface area contributed by atoms with Gasteiger partial charge in [-0.2, -0.15) is 0 Å². The number of carbonyl (C=O) groups excluding carboxylic acids is 1. The number of fused-ring (bicyclic) bond motifs is 3. The fourth-order valence-electron chi connectivity index (χ4n) is 3.31. The van der Waals surface area contributed by atoms with Crippen LogP contribution < -0.4 is 5.48 Å². The molecule has 1 fully saturated rings. The number of aliphatic hydroxyl groups is 1. The molecule has 4 nitrogen and oxygen atoms in total. The molecule has 0 aliphatic heterocycles. The number of aliphatic hydroxyl groups excluding tert-OH is 1. The molecule has 0 aromatic heterocycles. The van der Waals surface area contributed by atoms with Gasteiger partial charge in [0.05, 0.1) is 18.6 Å². The monoisotopic (exact) mass is 247 g/mol. The highest BCUT2D eigenvalue weighted by Crippen LogP contribution is 2.70. The zero-order chi connectivity index (χ0) is 12.8. The molecule has 3 atom stereocenters. The number of hydrogen-bond donors (Lipinski definition) is 2. The number of hydroxylamine groups is 1. The van der Waals surface area contributed by atoms with Gasteiger partial charge in [0.15, 0.2) is 0 Å². The first-order valence-electron chi connectivity index (χ1n) is 6.30. The summed E-state index contributed by atoms with van der Waals surface area (Å²) in [5.74, 6) is 0.652. The van der Waals surface area contributed by atoms with Crippen molar-refractivity contribution in [3.8, 4) is 0 Å². The molecular weight excluding hydrogens is 230 g/mol. The van der Waals surface area contributed by atoms with E-state index in [1.54, 1.807) is 0 Å². The third-order valence-electron chi connectivity index (χ3n) is 4.39. The van der Waals surface area contributed by atoms with Crippen LogP contribution in [0.1, 0.15) is 24.0 Å². The van der Waals surface area contributed by atoms with E-state index in [0.717, 1.165) is 6.42 Å². The van der Waals surface area contributed by atoms with Crippen LogP contribution in [0.25, 0.3) is 0 Å². The average molecular weight is 247 g/mol. The van der Waals surface area contributed by atoms with E-state index in [-0.39, 0.29) is 24.5 Å². The quantitative estimate of drug-likeness (QED) is 0.616. The Morgan fingerprint density at radius 1 is 1.56 bits per heavy atom. The first-order chi connectivity index (χ1) is 8.69. The molecule has 3 unspecified atom stereocenters. The van der Waals surface area contributed by atoms with Crippen LogP contribution in [0.2, 0.25) is 0 Å². The first-order valence-corrected chi connectivity index (χ1v) is 6.30. The van der Waals surface area contributed by atoms with Gasteiger partial charge in [0.25, 0.3) is 0 Å². The first kappa shape index (κ1) is 11.7. The van der Waals surface area contributed by atoms with Crippen molar-refractivity contribution in [2.24, 2.45) is 11.3 Å². The highest BCUT2D eigenvalue weighted by molar-refractivity contribution is 5.88. The molecule has 4 heteroatoms. The fourth-order valence-corrected chi connectivity index (χ4v) is 3.31. The Bertz CT molecular complexity index is 488. The highest BCUT2D eigenvalue weighted by Gasteiger charge is 2.69. The lowest BCUT2D eigenvalue weighted by Gasteiger charge is -2.16. The van der Waals surface area contributed by atoms with Crippen LogP contribution in [0.4, 0.5) is 0 Å². The summed E-state index contributed by atoms with van der Waals surface area (Å²) in [6.45, 7) is 2.04. The molecular formula is C14H17NO3. The van der Waals surface area contributed by atoms with E-state index < -0.39 is 0 Å². The van der Waals surface area contributed by atoms with Crippen LogP contribution in [0.5, 0.6) is 0 Å². The second-order valence-corrected chi connectivity index (χ2v) is 5.27. The third-order valence-corrected chi connectivity index (χ3v) is 4.39. The minimum absolute atomic E-state index is 0.0690. The molecule has 1 amide bonds. The van der Waals surface area contributed by atoms with E-state index >= 15 is 0 Å². The Kier molecular flexibility index (Phi) is 2.64. The molecule has 96 valence electrons. The number of nitrogens with one attached hydrogen (secondary N) is 1. The van der Waals surface area contributed by atoms with Crippen LogP contribution in [-0.2, 0) is 16.1 Å². The van der Waals surface area contributed by atoms with Crippen molar-refractivity contribution in [3.05, 3.63) is 35.4 Å². The molecule has 18 heavy (non-hydrogen) atoms. The zero-order valence-electron chi connectivity index (χ0n) is 10.3. The van der Waals surface area contributed by atoms with Crippen molar-refractivity contribution < 1.29 is 14.7 Å². The van der Waals surface area contributed by atoms with Gasteiger partial charge in [-0.3, -0.25) is 9.63 Å². The summed E-state index contributed by atoms with van der Waals surface area (Å²) < 4.78 is 0. The molecule has 2 aliphatic carbocycles. The Balaban J connectivity index is 1.72. The lowest BCUT2D eigenvalue weighted by molar-refractivity contribution is -0.140. The van der Waals surface area contributed by atoms with E-state index in [2.05, 4.69) is 17.6 Å². The summed E-state index contributed by atoms with van der Waals surface area (Å²) in [5, 5.41) is 8.61. The van der Waals surface area contributed by atoms with Gasteiger partial charge in [0.2, 0.25) is 5.91 Å². The Labute approximate surface area is 106 Å². The summed E-state index contributed by atoms with van der Waals surface area (Å²) in [6.07, 6.45) is 0.977. The second-order valence-electron chi connectivity index (χ2n) is 5.27. The Morgan fingerprint density at radius 2 is 2.33 bits per heavy atom. The van der Waals surface area contributed by atoms with Crippen molar-refractivity contribution in [3.63, 3.8) is 0 Å². The highest BCUT2D eigenvalue weighted by atomic mass is 16.7. The van der Waals surface area contributed by atoms with Crippen molar-refractivity contribution in [1.82, 2.24) is 5.48 Å². The van der Waals surface area contributed by atoms with Gasteiger partial charge in [-0.05, 0) is 30.4 Å². The van der Waals surface area contributed by atoms with Crippen LogP contribution >= 0.6 is 0 Å². The van der Waals surface area contributed by atoms with Crippen LogP contribution in [-0.4, -0.2) is 24.2 Å². The largest absolute Gasteiger partial charge is 0.394 e. The van der Waals surface area contributed by atoms with E-state index in [1.807, 2.05) is 19.1 Å². The van der Waals surface area contributed by atoms with Gasteiger partial charge in [-0.15, -0.1) is 0 Å². The topological polar surface area (TPSA) is 58.6 Å². The van der Waals surface area contributed by atoms with Gasteiger partial charge in [0, 0.05) is 5.92 Å². The summed E-state index contributed by atoms with van der Waals surface area (Å²) in [5.41, 5.74) is 4.78. The molecule has 0 heterocycles. The van der Waals surface area contributed by atoms with Crippen LogP contribution in [0.15, 0.2) is 24.3 Å². The molecule has 1 aromatic carbocycles. The van der Waals surface area contributed by atoms with E-state index in [9.17, 15) is 4.79 Å². The standard InChI is InChI=1S/C14H17NO3/c1-14(13(17)15-18-7-6-16)11-8-9-4-2-3-5-10(9)12(11)14/h2-5,11-12,16H,6-8H2,1H3,(H,15,17). The van der Waals surface area contributed by atoms with Gasteiger partial charge in [-0.1, -0.05) is 24.3 Å². The number of hydrogen-bond acceptors (Lipinski definition) is 3. The maximum atomic E-state index is 12.1. The summed E-state index contributed by atoms with van der Waals surface area (Å²) in [7, 11) is 0. The number of amides is 1. The van der Waals surface area contributed by atoms with E-state index in [4.69, 9.17) is 9.94 Å². The molecule has 1 aromatic rings. The van der Waals surface area contributed by atoms with Crippen molar-refractivity contribution in [2.75, 3.05) is 13.2 Å². The molecule has 3 rings (SSSR count). The maximum absolute atomic E-state index is 12.1. The number of carbonyl (C=O) groups is 1. The lowest BCUT2D eigenvalue weighted by atomic mass is 9.93. The van der Waals surface area contributed by atoms with Crippen LogP contribution in [0, 0.1) is 11.3 Å². The van der Waals surface area contributed by atoms with E-state index in [0.29, 0.717) is 11.8 Å². The van der Waals surface area contributed by atoms with Gasteiger partial charge in [-0.25, -0.2) is 5.48 Å². The van der Waals surface area contributed by atoms with Crippen LogP contribution in [0.3, 0.4) is 0 Å². The summed E-state index contributed by atoms with van der Waals surface area (Å²) >= 11 is 0.